The van der Waals surface area contributed by atoms with Gasteiger partial charge in [0.1, 0.15) is 0 Å². The zero-order valence-corrected chi connectivity index (χ0v) is 11.0. The van der Waals surface area contributed by atoms with E-state index < -0.39 is 0 Å². The van der Waals surface area contributed by atoms with Crippen LogP contribution < -0.4 is 0 Å². The highest BCUT2D eigenvalue weighted by Gasteiger charge is 2.05. The fourth-order valence-electron chi connectivity index (χ4n) is 1.96. The van der Waals surface area contributed by atoms with E-state index in [1.807, 2.05) is 30.3 Å². The molecule has 0 aliphatic heterocycles. The summed E-state index contributed by atoms with van der Waals surface area (Å²) in [5, 5.41) is 0. The molecule has 0 saturated heterocycles. The van der Waals surface area contributed by atoms with Crippen molar-refractivity contribution in [2.24, 2.45) is 0 Å². The molecule has 0 radical (unpaired) electrons. The van der Waals surface area contributed by atoms with Crippen LogP contribution in [-0.2, 0) is 5.88 Å². The lowest BCUT2D eigenvalue weighted by Gasteiger charge is -2.02. The lowest BCUT2D eigenvalue weighted by Crippen LogP contribution is -1.78. The summed E-state index contributed by atoms with van der Waals surface area (Å²) < 4.78 is 5.52. The fraction of sp³-hybridized carbons (Fsp3) is 0.0625. The molecule has 0 unspecified atom stereocenters. The predicted octanol–water partition coefficient (Wildman–Crippen LogP) is 4.75. The third kappa shape index (κ3) is 2.54. The van der Waals surface area contributed by atoms with Crippen LogP contribution in [0.2, 0.25) is 0 Å². The number of hydrogen-bond acceptors (Lipinski definition) is 2. The van der Waals surface area contributed by atoms with Crippen LogP contribution in [0.15, 0.2) is 65.2 Å². The Kier molecular flexibility index (Phi) is 3.34. The number of benzene rings is 2. The average molecular weight is 270 g/mol. The van der Waals surface area contributed by atoms with Gasteiger partial charge in [0, 0.05) is 5.56 Å². The molecule has 2 nitrogen and oxygen atoms in total. The van der Waals surface area contributed by atoms with Crippen LogP contribution >= 0.6 is 11.6 Å². The number of halogens is 1. The predicted molar refractivity (Wildman–Crippen MR) is 76.9 cm³/mol. The largest absolute Gasteiger partial charge is 0.439 e. The lowest BCUT2D eigenvalue weighted by atomic mass is 10.0. The number of rotatable bonds is 3. The van der Waals surface area contributed by atoms with E-state index in [9.17, 15) is 0 Å². The minimum atomic E-state index is 0.294. The Balaban J connectivity index is 1.90. The van der Waals surface area contributed by atoms with Crippen LogP contribution in [0.1, 0.15) is 5.89 Å². The van der Waals surface area contributed by atoms with E-state index in [1.54, 1.807) is 6.20 Å². The van der Waals surface area contributed by atoms with E-state index in [-0.39, 0.29) is 0 Å². The van der Waals surface area contributed by atoms with Crippen LogP contribution in [0.3, 0.4) is 0 Å². The van der Waals surface area contributed by atoms with Gasteiger partial charge in [-0.25, -0.2) is 4.98 Å². The van der Waals surface area contributed by atoms with Gasteiger partial charge in [0.05, 0.1) is 12.1 Å². The van der Waals surface area contributed by atoms with Crippen LogP contribution in [-0.4, -0.2) is 4.98 Å². The van der Waals surface area contributed by atoms with Crippen molar-refractivity contribution in [1.29, 1.82) is 0 Å². The first-order valence-electron chi connectivity index (χ1n) is 6.03. The molecule has 0 spiro atoms. The summed E-state index contributed by atoms with van der Waals surface area (Å²) in [5.74, 6) is 1.58. The van der Waals surface area contributed by atoms with Crippen molar-refractivity contribution in [2.45, 2.75) is 5.88 Å². The van der Waals surface area contributed by atoms with Gasteiger partial charge >= 0.3 is 0 Å². The van der Waals surface area contributed by atoms with E-state index >= 15 is 0 Å². The smallest absolute Gasteiger partial charge is 0.209 e. The third-order valence-electron chi connectivity index (χ3n) is 2.94. The second kappa shape index (κ2) is 5.29. The normalized spacial score (nSPS) is 10.6. The monoisotopic (exact) mass is 269 g/mol. The molecule has 0 aliphatic carbocycles. The molecular formula is C16H12ClNO. The van der Waals surface area contributed by atoms with Crippen LogP contribution in [0, 0.1) is 0 Å². The lowest BCUT2D eigenvalue weighted by molar-refractivity contribution is 0.529. The van der Waals surface area contributed by atoms with Gasteiger partial charge in [-0.15, -0.1) is 11.6 Å². The van der Waals surface area contributed by atoms with Crippen molar-refractivity contribution in [1.82, 2.24) is 4.98 Å². The quantitative estimate of drug-likeness (QED) is 0.642. The van der Waals surface area contributed by atoms with Crippen molar-refractivity contribution in [3.63, 3.8) is 0 Å². The standard InChI is InChI=1S/C16H12ClNO/c17-10-16-18-11-15(19-16)14-8-6-13(7-9-14)12-4-2-1-3-5-12/h1-9,11H,10H2. The maximum atomic E-state index is 5.68. The van der Waals surface area contributed by atoms with Gasteiger partial charge in [-0.3, -0.25) is 0 Å². The van der Waals surface area contributed by atoms with Gasteiger partial charge in [-0.2, -0.15) is 0 Å². The molecule has 3 heteroatoms. The van der Waals surface area contributed by atoms with Gasteiger partial charge in [0.15, 0.2) is 5.76 Å². The summed E-state index contributed by atoms with van der Waals surface area (Å²) in [7, 11) is 0. The van der Waals surface area contributed by atoms with Gasteiger partial charge < -0.3 is 4.42 Å². The average Bonchev–Trinajstić information content (AvgIpc) is 2.97. The molecule has 0 fully saturated rings. The molecule has 2 aromatic carbocycles. The van der Waals surface area contributed by atoms with Crippen LogP contribution in [0.4, 0.5) is 0 Å². The van der Waals surface area contributed by atoms with Crippen molar-refractivity contribution in [2.75, 3.05) is 0 Å². The molecule has 0 bridgehead atoms. The Morgan fingerprint density at radius 1 is 0.842 bits per heavy atom. The number of nitrogens with zero attached hydrogens (tertiary/aromatic N) is 1. The maximum Gasteiger partial charge on any atom is 0.209 e. The van der Waals surface area contributed by atoms with Crippen molar-refractivity contribution in [3.05, 3.63) is 66.7 Å². The molecule has 1 aromatic heterocycles. The SMILES string of the molecule is ClCc1ncc(-c2ccc(-c3ccccc3)cc2)o1. The molecule has 3 aromatic rings. The van der Waals surface area contributed by atoms with E-state index in [1.165, 1.54) is 11.1 Å². The third-order valence-corrected chi connectivity index (χ3v) is 3.17. The van der Waals surface area contributed by atoms with E-state index in [4.69, 9.17) is 16.0 Å². The zero-order valence-electron chi connectivity index (χ0n) is 10.2. The van der Waals surface area contributed by atoms with E-state index in [2.05, 4.69) is 29.2 Å². The zero-order chi connectivity index (χ0) is 13.1. The number of alkyl halides is 1. The Morgan fingerprint density at radius 3 is 2.11 bits per heavy atom. The molecule has 0 aliphatic rings. The Bertz CT molecular complexity index is 659. The van der Waals surface area contributed by atoms with Crippen molar-refractivity contribution >= 4 is 11.6 Å². The molecule has 1 heterocycles. The van der Waals surface area contributed by atoms with Crippen molar-refractivity contribution < 1.29 is 4.42 Å². The first-order chi connectivity index (χ1) is 9.36. The number of hydrogen-bond donors (Lipinski definition) is 0. The van der Waals surface area contributed by atoms with Gasteiger partial charge in [-0.05, 0) is 11.1 Å². The van der Waals surface area contributed by atoms with E-state index in [0.29, 0.717) is 11.8 Å². The van der Waals surface area contributed by atoms with Gasteiger partial charge in [0.2, 0.25) is 5.89 Å². The second-order valence-electron chi connectivity index (χ2n) is 4.20. The molecule has 0 atom stereocenters. The molecule has 0 N–H and O–H groups in total. The van der Waals surface area contributed by atoms with Gasteiger partial charge in [0.25, 0.3) is 0 Å². The summed E-state index contributed by atoms with van der Waals surface area (Å²) in [4.78, 5) is 4.09. The maximum absolute atomic E-state index is 5.68. The summed E-state index contributed by atoms with van der Waals surface area (Å²) in [5.41, 5.74) is 3.39. The summed E-state index contributed by atoms with van der Waals surface area (Å²) >= 11 is 5.68. The van der Waals surface area contributed by atoms with E-state index in [0.717, 1.165) is 11.3 Å². The minimum Gasteiger partial charge on any atom is -0.439 e. The highest BCUT2D eigenvalue weighted by Crippen LogP contribution is 2.25. The topological polar surface area (TPSA) is 26.0 Å². The molecule has 3 rings (SSSR count). The first kappa shape index (κ1) is 12.0. The van der Waals surface area contributed by atoms with Gasteiger partial charge in [-0.1, -0.05) is 54.6 Å². The Labute approximate surface area is 116 Å². The minimum absolute atomic E-state index is 0.294. The Hall–Kier alpha value is -2.06. The first-order valence-corrected chi connectivity index (χ1v) is 6.57. The second-order valence-corrected chi connectivity index (χ2v) is 4.46. The molecule has 19 heavy (non-hydrogen) atoms. The van der Waals surface area contributed by atoms with Crippen LogP contribution in [0.5, 0.6) is 0 Å². The summed E-state index contributed by atoms with van der Waals surface area (Å²) in [6.07, 6.45) is 1.70. The number of aromatic nitrogens is 1. The Morgan fingerprint density at radius 2 is 1.47 bits per heavy atom. The highest BCUT2D eigenvalue weighted by molar-refractivity contribution is 6.16. The molecule has 94 valence electrons. The summed E-state index contributed by atoms with van der Waals surface area (Å²) in [6.45, 7) is 0. The molecule has 0 saturated carbocycles. The molecular weight excluding hydrogens is 258 g/mol. The highest BCUT2D eigenvalue weighted by atomic mass is 35.5. The van der Waals surface area contributed by atoms with Crippen molar-refractivity contribution in [3.8, 4) is 22.5 Å². The number of oxazole rings is 1. The summed E-state index contributed by atoms with van der Waals surface area (Å²) in [6, 6.07) is 18.5. The molecule has 0 amide bonds. The fourth-order valence-corrected chi connectivity index (χ4v) is 2.09. The van der Waals surface area contributed by atoms with Crippen LogP contribution in [0.25, 0.3) is 22.5 Å².